The van der Waals surface area contributed by atoms with E-state index in [-0.39, 0.29) is 35.2 Å². The number of aliphatic carboxylic acids is 1. The van der Waals surface area contributed by atoms with E-state index in [1.807, 2.05) is 55.5 Å². The van der Waals surface area contributed by atoms with Gasteiger partial charge in [-0.15, -0.1) is 0 Å². The lowest BCUT2D eigenvalue weighted by Crippen LogP contribution is -2.50. The number of carbonyl (C=O) groups excluding carboxylic acids is 1. The van der Waals surface area contributed by atoms with Gasteiger partial charge in [-0.3, -0.25) is 4.79 Å². The van der Waals surface area contributed by atoms with Crippen LogP contribution in [0.5, 0.6) is 5.75 Å². The molecule has 0 spiro atoms. The Morgan fingerprint density at radius 3 is 2.51 bits per heavy atom. The van der Waals surface area contributed by atoms with Gasteiger partial charge in [0.1, 0.15) is 16.7 Å². The number of ether oxygens (including phenoxy) is 1. The highest BCUT2D eigenvalue weighted by Gasteiger charge is 2.36. The standard InChI is InChI=1S/C29H31ClN2O6S/c1-19-6-3-4-8-24(19)21-11-9-20(10-12-21)16-25(29(34)35)31-28(33)22-7-5-15-32(18-22)39(36,37)27-17-23(30)13-14-26(27)38-2/h3-4,6,8-14,17,22,25H,5,7,15-16,18H2,1-2H3,(H,31,33)(H,34,35)/t22?,25-/m0/s1. The summed E-state index contributed by atoms with van der Waals surface area (Å²) in [6, 6.07) is 18.8. The van der Waals surface area contributed by atoms with Crippen LogP contribution < -0.4 is 10.1 Å². The van der Waals surface area contributed by atoms with Gasteiger partial charge in [0, 0.05) is 24.5 Å². The Morgan fingerprint density at radius 2 is 1.85 bits per heavy atom. The molecule has 0 aromatic heterocycles. The minimum atomic E-state index is -3.99. The molecule has 39 heavy (non-hydrogen) atoms. The van der Waals surface area contributed by atoms with Crippen LogP contribution in [0.15, 0.2) is 71.6 Å². The molecule has 3 aromatic carbocycles. The molecule has 0 radical (unpaired) electrons. The molecule has 3 aromatic rings. The average molecular weight is 571 g/mol. The van der Waals surface area contributed by atoms with Crippen molar-refractivity contribution in [3.63, 3.8) is 0 Å². The van der Waals surface area contributed by atoms with Crippen LogP contribution >= 0.6 is 11.6 Å². The van der Waals surface area contributed by atoms with Gasteiger partial charge in [-0.2, -0.15) is 4.31 Å². The third kappa shape index (κ3) is 6.61. The van der Waals surface area contributed by atoms with Gasteiger partial charge in [-0.05, 0) is 60.2 Å². The van der Waals surface area contributed by atoms with E-state index in [9.17, 15) is 23.1 Å². The number of hydrogen-bond acceptors (Lipinski definition) is 5. The van der Waals surface area contributed by atoms with Crippen molar-refractivity contribution in [2.45, 2.75) is 37.1 Å². The monoisotopic (exact) mass is 570 g/mol. The number of sulfonamides is 1. The zero-order chi connectivity index (χ0) is 28.2. The zero-order valence-electron chi connectivity index (χ0n) is 21.8. The molecule has 1 saturated heterocycles. The molecule has 2 N–H and O–H groups in total. The number of carboxylic acids is 1. The topological polar surface area (TPSA) is 113 Å². The van der Waals surface area contributed by atoms with E-state index in [2.05, 4.69) is 5.32 Å². The van der Waals surface area contributed by atoms with Crippen molar-refractivity contribution >= 4 is 33.5 Å². The Morgan fingerprint density at radius 1 is 1.13 bits per heavy atom. The van der Waals surface area contributed by atoms with E-state index in [4.69, 9.17) is 16.3 Å². The highest BCUT2D eigenvalue weighted by Crippen LogP contribution is 2.32. The Hall–Kier alpha value is -3.40. The first-order valence-electron chi connectivity index (χ1n) is 12.6. The lowest BCUT2D eigenvalue weighted by molar-refractivity contribution is -0.142. The molecular weight excluding hydrogens is 540 g/mol. The maximum absolute atomic E-state index is 13.4. The van der Waals surface area contributed by atoms with E-state index in [0.29, 0.717) is 12.8 Å². The van der Waals surface area contributed by atoms with E-state index in [0.717, 1.165) is 22.3 Å². The first-order chi connectivity index (χ1) is 18.6. The SMILES string of the molecule is COc1ccc(Cl)cc1S(=O)(=O)N1CCCC(C(=O)N[C@@H](Cc2ccc(-c3ccccc3C)cc2)C(=O)O)C1. The number of benzene rings is 3. The van der Waals surface area contributed by atoms with Gasteiger partial charge < -0.3 is 15.2 Å². The fourth-order valence-electron chi connectivity index (χ4n) is 4.81. The van der Waals surface area contributed by atoms with Gasteiger partial charge in [0.15, 0.2) is 0 Å². The highest BCUT2D eigenvalue weighted by atomic mass is 35.5. The zero-order valence-corrected chi connectivity index (χ0v) is 23.3. The first-order valence-corrected chi connectivity index (χ1v) is 14.4. The van der Waals surface area contributed by atoms with Crippen molar-refractivity contribution in [1.82, 2.24) is 9.62 Å². The van der Waals surface area contributed by atoms with Crippen LogP contribution in [0, 0.1) is 12.8 Å². The fraction of sp³-hybridized carbons (Fsp3) is 0.310. The van der Waals surface area contributed by atoms with E-state index >= 15 is 0 Å². The van der Waals surface area contributed by atoms with Gasteiger partial charge in [0.2, 0.25) is 15.9 Å². The van der Waals surface area contributed by atoms with Crippen LogP contribution in [0.25, 0.3) is 11.1 Å². The summed E-state index contributed by atoms with van der Waals surface area (Å²) in [5.74, 6) is -2.18. The largest absolute Gasteiger partial charge is 0.495 e. The second kappa shape index (κ2) is 12.2. The highest BCUT2D eigenvalue weighted by molar-refractivity contribution is 7.89. The summed E-state index contributed by atoms with van der Waals surface area (Å²) < 4.78 is 33.2. The van der Waals surface area contributed by atoms with Crippen molar-refractivity contribution in [2.24, 2.45) is 5.92 Å². The summed E-state index contributed by atoms with van der Waals surface area (Å²) in [5.41, 5.74) is 4.02. The Bertz CT molecular complexity index is 1460. The summed E-state index contributed by atoms with van der Waals surface area (Å²) in [6.07, 6.45) is 1.00. The summed E-state index contributed by atoms with van der Waals surface area (Å²) in [7, 11) is -2.62. The molecule has 1 aliphatic rings. The Kier molecular flexibility index (Phi) is 8.94. The van der Waals surface area contributed by atoms with Crippen LogP contribution in [0.4, 0.5) is 0 Å². The number of nitrogens with zero attached hydrogens (tertiary/aromatic N) is 1. The van der Waals surface area contributed by atoms with Crippen LogP contribution in [0.3, 0.4) is 0 Å². The molecular formula is C29H31ClN2O6S. The second-order valence-corrected chi connectivity index (χ2v) is 12.0. The van der Waals surface area contributed by atoms with Crippen molar-refractivity contribution < 1.29 is 27.9 Å². The summed E-state index contributed by atoms with van der Waals surface area (Å²) in [6.45, 7) is 2.20. The lowest BCUT2D eigenvalue weighted by Gasteiger charge is -2.32. The van der Waals surface area contributed by atoms with E-state index in [1.165, 1.54) is 29.6 Å². The number of carboxylic acid groups (broad SMARTS) is 1. The van der Waals surface area contributed by atoms with Gasteiger partial charge >= 0.3 is 5.97 Å². The summed E-state index contributed by atoms with van der Waals surface area (Å²) in [5, 5.41) is 12.7. The molecule has 2 atom stereocenters. The number of piperidine rings is 1. The van der Waals surface area contributed by atoms with Crippen molar-refractivity contribution in [3.8, 4) is 16.9 Å². The summed E-state index contributed by atoms with van der Waals surface area (Å²) >= 11 is 6.04. The number of amides is 1. The Balaban J connectivity index is 1.45. The number of carbonyl (C=O) groups is 2. The number of aryl methyl sites for hydroxylation is 1. The van der Waals surface area contributed by atoms with Gasteiger partial charge in [0.25, 0.3) is 0 Å². The minimum absolute atomic E-state index is 0.0682. The quantitative estimate of drug-likeness (QED) is 0.391. The number of rotatable bonds is 9. The molecule has 0 bridgehead atoms. The lowest BCUT2D eigenvalue weighted by atomic mass is 9.96. The van der Waals surface area contributed by atoms with Crippen LogP contribution in [0.2, 0.25) is 5.02 Å². The molecule has 206 valence electrons. The predicted molar refractivity (Wildman–Crippen MR) is 149 cm³/mol. The molecule has 1 fully saturated rings. The molecule has 4 rings (SSSR count). The maximum atomic E-state index is 13.4. The van der Waals surface area contributed by atoms with Gasteiger partial charge in [-0.1, -0.05) is 60.1 Å². The molecule has 0 aliphatic carbocycles. The van der Waals surface area contributed by atoms with Crippen molar-refractivity contribution in [1.29, 1.82) is 0 Å². The average Bonchev–Trinajstić information content (AvgIpc) is 2.93. The summed E-state index contributed by atoms with van der Waals surface area (Å²) in [4.78, 5) is 25.1. The predicted octanol–water partition coefficient (Wildman–Crippen LogP) is 4.54. The van der Waals surface area contributed by atoms with Gasteiger partial charge in [-0.25, -0.2) is 13.2 Å². The molecule has 8 nitrogen and oxygen atoms in total. The smallest absolute Gasteiger partial charge is 0.326 e. The van der Waals surface area contributed by atoms with Crippen molar-refractivity contribution in [3.05, 3.63) is 82.9 Å². The van der Waals surface area contributed by atoms with E-state index in [1.54, 1.807) is 0 Å². The van der Waals surface area contributed by atoms with Gasteiger partial charge in [0.05, 0.1) is 13.0 Å². The molecule has 10 heteroatoms. The maximum Gasteiger partial charge on any atom is 0.326 e. The molecule has 1 aliphatic heterocycles. The third-order valence-electron chi connectivity index (χ3n) is 6.96. The van der Waals surface area contributed by atoms with Crippen LogP contribution in [0.1, 0.15) is 24.0 Å². The number of halogens is 1. The number of nitrogens with one attached hydrogen (secondary N) is 1. The van der Waals surface area contributed by atoms with E-state index < -0.39 is 33.9 Å². The molecule has 1 heterocycles. The molecule has 1 amide bonds. The molecule has 0 saturated carbocycles. The number of methoxy groups -OCH3 is 1. The minimum Gasteiger partial charge on any atom is -0.495 e. The van der Waals surface area contributed by atoms with Crippen LogP contribution in [-0.2, 0) is 26.0 Å². The molecule has 1 unspecified atom stereocenters. The Labute approximate surface area is 233 Å². The fourth-order valence-corrected chi connectivity index (χ4v) is 6.75. The third-order valence-corrected chi connectivity index (χ3v) is 9.08. The second-order valence-electron chi connectivity index (χ2n) is 9.61. The van der Waals surface area contributed by atoms with Crippen molar-refractivity contribution in [2.75, 3.05) is 20.2 Å². The first kappa shape index (κ1) is 28.6. The van der Waals surface area contributed by atoms with Crippen LogP contribution in [-0.4, -0.2) is 55.9 Å². The number of hydrogen-bond donors (Lipinski definition) is 2. The normalized spacial score (nSPS) is 16.8.